The number of rotatable bonds is 17. The third kappa shape index (κ3) is 11.4. The lowest BCUT2D eigenvalue weighted by atomic mass is 9.94. The fraction of sp³-hybridized carbons (Fsp3) is 0.367. The molecule has 0 radical (unpaired) electrons. The van der Waals surface area contributed by atoms with Gasteiger partial charge >= 0.3 is 0 Å². The summed E-state index contributed by atoms with van der Waals surface area (Å²) >= 11 is 0. The highest BCUT2D eigenvalue weighted by Crippen LogP contribution is 2.38. The molecule has 8 rings (SSSR count). The van der Waals surface area contributed by atoms with Gasteiger partial charge in [-0.15, -0.1) is 0 Å². The van der Waals surface area contributed by atoms with Gasteiger partial charge in [-0.3, -0.25) is 4.79 Å². The van der Waals surface area contributed by atoms with Crippen molar-refractivity contribution in [1.82, 2.24) is 5.32 Å². The van der Waals surface area contributed by atoms with Crippen LogP contribution in [0.4, 0.5) is 0 Å². The zero-order valence-corrected chi connectivity index (χ0v) is 34.1. The number of hydrogen-bond acceptors (Lipinski definition) is 11. The van der Waals surface area contributed by atoms with Crippen LogP contribution in [-0.2, 0) is 73.9 Å². The van der Waals surface area contributed by atoms with Gasteiger partial charge in [0, 0.05) is 12.5 Å². The number of hydrogen-bond donors (Lipinski definition) is 2. The summed E-state index contributed by atoms with van der Waals surface area (Å²) in [7, 11) is 0. The molecule has 3 fully saturated rings. The standard InChI is InChI=1S/C49H53NO11/c1-33(51)50-41-44(54-28-35-19-9-3-10-20-35)42-40(32-57-48(60-42)38-25-15-6-16-26-38)59-49(41)61-43-39(31-53-27-34-17-7-2-8-18-34)58-47(52)46(56-30-37-23-13-5-14-24-37)45(43)55-29-36-21-11-4-12-22-36/h2-26,39-49,52H,27-32H2,1H3,(H,50,51)/t39-,40-,41+,42-,43+,44-,45+,46-,47+,48?,49+/m1/s1. The molecule has 0 aliphatic carbocycles. The number of benzene rings is 5. The van der Waals surface area contributed by atoms with Crippen molar-refractivity contribution in [2.45, 2.75) is 101 Å². The Balaban J connectivity index is 1.13. The van der Waals surface area contributed by atoms with E-state index in [2.05, 4.69) is 5.32 Å². The SMILES string of the molecule is CC(=O)N[C@@H]1[C@H](O[C@@H]2[C@H](OCc3ccccc3)[C@@H](OCc3ccccc3)[C@@H](O)O[C@@H]2COCc2ccccc2)O[C@@H]2COC(c3ccccc3)O[C@H]2[C@@H]1OCc1ccccc1. The predicted molar refractivity (Wildman–Crippen MR) is 223 cm³/mol. The predicted octanol–water partition coefficient (Wildman–Crippen LogP) is 6.41. The van der Waals surface area contributed by atoms with Gasteiger partial charge in [-0.25, -0.2) is 0 Å². The number of carbonyl (C=O) groups is 1. The molecule has 1 unspecified atom stereocenters. The Labute approximate surface area is 356 Å². The fourth-order valence-corrected chi connectivity index (χ4v) is 7.94. The highest BCUT2D eigenvalue weighted by molar-refractivity contribution is 5.73. The van der Waals surface area contributed by atoms with Crippen LogP contribution in [0.3, 0.4) is 0 Å². The van der Waals surface area contributed by atoms with Crippen molar-refractivity contribution in [3.05, 3.63) is 179 Å². The molecule has 2 N–H and O–H groups in total. The second-order valence-electron chi connectivity index (χ2n) is 15.4. The molecule has 11 atom stereocenters. The van der Waals surface area contributed by atoms with Crippen LogP contribution < -0.4 is 5.32 Å². The molecule has 12 heteroatoms. The van der Waals surface area contributed by atoms with Crippen LogP contribution in [0.2, 0.25) is 0 Å². The number of nitrogens with one attached hydrogen (secondary N) is 1. The van der Waals surface area contributed by atoms with Crippen molar-refractivity contribution in [3.63, 3.8) is 0 Å². The zero-order valence-electron chi connectivity index (χ0n) is 34.1. The third-order valence-electron chi connectivity index (χ3n) is 10.9. The van der Waals surface area contributed by atoms with Gasteiger partial charge in [0.25, 0.3) is 0 Å². The van der Waals surface area contributed by atoms with E-state index in [0.717, 1.165) is 27.8 Å². The maximum absolute atomic E-state index is 13.1. The summed E-state index contributed by atoms with van der Waals surface area (Å²) in [6.45, 7) is 2.48. The summed E-state index contributed by atoms with van der Waals surface area (Å²) in [6, 6.07) is 47.8. The number of aliphatic hydroxyl groups excluding tert-OH is 1. The summed E-state index contributed by atoms with van der Waals surface area (Å²) in [5.74, 6) is -0.320. The molecule has 3 saturated heterocycles. The highest BCUT2D eigenvalue weighted by atomic mass is 16.8. The Kier molecular flexibility index (Phi) is 15.0. The molecule has 0 spiro atoms. The van der Waals surface area contributed by atoms with E-state index in [4.69, 9.17) is 42.6 Å². The number of ether oxygens (including phenoxy) is 9. The number of carbonyl (C=O) groups excluding carboxylic acids is 1. The van der Waals surface area contributed by atoms with Crippen molar-refractivity contribution in [3.8, 4) is 0 Å². The van der Waals surface area contributed by atoms with Gasteiger partial charge in [0.15, 0.2) is 18.9 Å². The minimum Gasteiger partial charge on any atom is -0.374 e. The van der Waals surface area contributed by atoms with Gasteiger partial charge < -0.3 is 53.1 Å². The van der Waals surface area contributed by atoms with Crippen molar-refractivity contribution in [2.24, 2.45) is 0 Å². The lowest BCUT2D eigenvalue weighted by Crippen LogP contribution is -2.69. The Morgan fingerprint density at radius 2 is 1.10 bits per heavy atom. The largest absolute Gasteiger partial charge is 0.374 e. The van der Waals surface area contributed by atoms with Gasteiger partial charge in [-0.1, -0.05) is 152 Å². The third-order valence-corrected chi connectivity index (χ3v) is 10.9. The molecular weight excluding hydrogens is 779 g/mol. The van der Waals surface area contributed by atoms with Gasteiger partial charge in [0.05, 0.1) is 39.6 Å². The molecule has 0 bridgehead atoms. The molecule has 5 aromatic carbocycles. The average Bonchev–Trinajstić information content (AvgIpc) is 3.30. The van der Waals surface area contributed by atoms with E-state index in [1.165, 1.54) is 6.92 Å². The Hall–Kier alpha value is -4.83. The monoisotopic (exact) mass is 831 g/mol. The van der Waals surface area contributed by atoms with Crippen LogP contribution in [0.1, 0.15) is 41.0 Å². The summed E-state index contributed by atoms with van der Waals surface area (Å²) < 4.78 is 59.3. The first-order chi connectivity index (χ1) is 30.0. The minimum absolute atomic E-state index is 0.0235. The molecule has 1 amide bonds. The molecule has 5 aromatic rings. The first-order valence-electron chi connectivity index (χ1n) is 20.8. The van der Waals surface area contributed by atoms with E-state index in [9.17, 15) is 9.90 Å². The van der Waals surface area contributed by atoms with Crippen molar-refractivity contribution in [1.29, 1.82) is 0 Å². The molecule has 3 aliphatic rings. The highest BCUT2D eigenvalue weighted by Gasteiger charge is 2.55. The first-order valence-corrected chi connectivity index (χ1v) is 20.8. The maximum atomic E-state index is 13.1. The van der Waals surface area contributed by atoms with E-state index >= 15 is 0 Å². The number of fused-ring (bicyclic) bond motifs is 1. The van der Waals surface area contributed by atoms with Crippen LogP contribution in [0.25, 0.3) is 0 Å². The Morgan fingerprint density at radius 3 is 1.64 bits per heavy atom. The smallest absolute Gasteiger partial charge is 0.217 e. The summed E-state index contributed by atoms with van der Waals surface area (Å²) in [6.07, 6.45) is -9.08. The van der Waals surface area contributed by atoms with Crippen molar-refractivity contribution < 1.29 is 52.5 Å². The molecular formula is C49H53NO11. The molecule has 12 nitrogen and oxygen atoms in total. The van der Waals surface area contributed by atoms with E-state index in [1.807, 2.05) is 152 Å². The quantitative estimate of drug-likeness (QED) is 0.108. The Bertz CT molecular complexity index is 2050. The lowest BCUT2D eigenvalue weighted by Gasteiger charge is -2.51. The summed E-state index contributed by atoms with van der Waals surface area (Å²) in [5, 5.41) is 14.8. The molecule has 0 saturated carbocycles. The minimum atomic E-state index is -1.41. The number of amides is 1. The molecule has 3 aliphatic heterocycles. The van der Waals surface area contributed by atoms with Crippen LogP contribution in [-0.4, -0.2) is 85.6 Å². The van der Waals surface area contributed by atoms with Crippen molar-refractivity contribution in [2.75, 3.05) is 13.2 Å². The van der Waals surface area contributed by atoms with E-state index in [1.54, 1.807) is 0 Å². The average molecular weight is 832 g/mol. The van der Waals surface area contributed by atoms with Crippen molar-refractivity contribution >= 4 is 5.91 Å². The second-order valence-corrected chi connectivity index (χ2v) is 15.4. The van der Waals surface area contributed by atoms with E-state index in [-0.39, 0.29) is 45.5 Å². The van der Waals surface area contributed by atoms with E-state index in [0.29, 0.717) is 0 Å². The lowest BCUT2D eigenvalue weighted by molar-refractivity contribution is -0.377. The van der Waals surface area contributed by atoms with Crippen LogP contribution in [0, 0.1) is 0 Å². The maximum Gasteiger partial charge on any atom is 0.217 e. The summed E-state index contributed by atoms with van der Waals surface area (Å²) in [5.41, 5.74) is 4.56. The van der Waals surface area contributed by atoms with E-state index < -0.39 is 67.6 Å². The zero-order chi connectivity index (χ0) is 41.8. The van der Waals surface area contributed by atoms with Gasteiger partial charge in [0.2, 0.25) is 5.91 Å². The van der Waals surface area contributed by atoms with Crippen LogP contribution >= 0.6 is 0 Å². The topological polar surface area (TPSA) is 132 Å². The van der Waals surface area contributed by atoms with Gasteiger partial charge in [0.1, 0.15) is 48.8 Å². The molecule has 3 heterocycles. The van der Waals surface area contributed by atoms with Gasteiger partial charge in [-0.2, -0.15) is 0 Å². The van der Waals surface area contributed by atoms with Crippen LogP contribution in [0.15, 0.2) is 152 Å². The normalized spacial score (nSPS) is 28.7. The second kappa shape index (κ2) is 21.3. The van der Waals surface area contributed by atoms with Gasteiger partial charge in [-0.05, 0) is 22.3 Å². The molecule has 61 heavy (non-hydrogen) atoms. The fourth-order valence-electron chi connectivity index (χ4n) is 7.94. The summed E-state index contributed by atoms with van der Waals surface area (Å²) in [4.78, 5) is 13.1. The first kappa shape index (κ1) is 42.8. The Morgan fingerprint density at radius 1 is 0.607 bits per heavy atom. The van der Waals surface area contributed by atoms with Crippen LogP contribution in [0.5, 0.6) is 0 Å². The molecule has 0 aromatic heterocycles. The molecule has 320 valence electrons. The number of aliphatic hydroxyl groups is 1.